The molecule has 0 amide bonds. The third-order valence-corrected chi connectivity index (χ3v) is 5.27. The fraction of sp³-hybridized carbons (Fsp3) is 0.391. The fourth-order valence-electron chi connectivity index (χ4n) is 3.55. The molecule has 0 spiro atoms. The summed E-state index contributed by atoms with van der Waals surface area (Å²) in [4.78, 5) is 23.1. The summed E-state index contributed by atoms with van der Waals surface area (Å²) in [7, 11) is 2.19. The average molecular weight is 433 g/mol. The number of nitrogens with zero attached hydrogens (tertiary/aromatic N) is 2. The normalized spacial score (nSPS) is 12.3. The molecule has 1 heterocycles. The zero-order valence-electron chi connectivity index (χ0n) is 17.3. The van der Waals surface area contributed by atoms with Crippen LogP contribution in [0.3, 0.4) is 0 Å². The Morgan fingerprint density at radius 1 is 0.900 bits per heavy atom. The van der Waals surface area contributed by atoms with Crippen LogP contribution in [0, 0.1) is 0 Å². The number of benzene rings is 2. The van der Waals surface area contributed by atoms with Gasteiger partial charge in [-0.25, -0.2) is 9.59 Å². The number of carbonyl (C=O) groups is 2. The molecule has 0 aliphatic carbocycles. The summed E-state index contributed by atoms with van der Waals surface area (Å²) in [5, 5.41) is 14.8. The highest BCUT2D eigenvalue weighted by Crippen LogP contribution is 2.35. The van der Waals surface area contributed by atoms with Crippen LogP contribution in [0.5, 0.6) is 0 Å². The molecule has 0 fully saturated rings. The van der Waals surface area contributed by atoms with Crippen LogP contribution in [0.15, 0.2) is 48.5 Å². The SMILES string of the molecule is CN(CCCCl)CCCN1c2ccccc2CCc2ccccc21.O=C(O)C(=O)O. The molecule has 0 saturated carbocycles. The highest BCUT2D eigenvalue weighted by molar-refractivity contribution is 6.27. The van der Waals surface area contributed by atoms with E-state index >= 15 is 0 Å². The first-order valence-corrected chi connectivity index (χ1v) is 10.6. The number of halogens is 1. The van der Waals surface area contributed by atoms with Gasteiger partial charge in [-0.15, -0.1) is 11.6 Å². The summed E-state index contributed by atoms with van der Waals surface area (Å²) < 4.78 is 0. The number of para-hydroxylation sites is 2. The first-order chi connectivity index (χ1) is 14.4. The molecule has 2 aromatic rings. The van der Waals surface area contributed by atoms with Gasteiger partial charge >= 0.3 is 11.9 Å². The van der Waals surface area contributed by atoms with Gasteiger partial charge in [-0.2, -0.15) is 0 Å². The molecule has 1 aliphatic rings. The zero-order valence-corrected chi connectivity index (χ0v) is 18.0. The molecule has 0 aromatic heterocycles. The van der Waals surface area contributed by atoms with Gasteiger partial charge in [-0.05, 0) is 69.1 Å². The molecule has 0 radical (unpaired) electrons. The Labute approximate surface area is 182 Å². The molecular formula is C23H29ClN2O4. The summed E-state index contributed by atoms with van der Waals surface area (Å²) in [6.45, 7) is 3.24. The standard InChI is InChI=1S/C21H27ClN2.C2H2O4/c1-23(15-6-14-22)16-7-17-24-20-10-4-2-8-18(20)12-13-19-9-3-5-11-21(19)24;3-1(4)2(5)6/h2-5,8-11H,6-7,12-17H2,1H3;(H,3,4)(H,5,6). The Balaban J connectivity index is 0.000000469. The summed E-state index contributed by atoms with van der Waals surface area (Å²) in [5.74, 6) is -2.90. The van der Waals surface area contributed by atoms with Crippen LogP contribution in [-0.4, -0.2) is 59.6 Å². The Morgan fingerprint density at radius 3 is 1.83 bits per heavy atom. The Bertz CT molecular complexity index is 784. The van der Waals surface area contributed by atoms with Crippen molar-refractivity contribution in [2.75, 3.05) is 37.5 Å². The van der Waals surface area contributed by atoms with Crippen molar-refractivity contribution in [3.8, 4) is 0 Å². The first-order valence-electron chi connectivity index (χ1n) is 10.1. The number of aliphatic carboxylic acids is 2. The second kappa shape index (κ2) is 12.2. The minimum Gasteiger partial charge on any atom is -0.473 e. The second-order valence-corrected chi connectivity index (χ2v) is 7.60. The van der Waals surface area contributed by atoms with Gasteiger partial charge in [0.05, 0.1) is 0 Å². The lowest BCUT2D eigenvalue weighted by Gasteiger charge is -2.28. The molecule has 0 unspecified atom stereocenters. The van der Waals surface area contributed by atoms with Crippen molar-refractivity contribution in [2.45, 2.75) is 25.7 Å². The van der Waals surface area contributed by atoms with Gasteiger partial charge in [-0.3, -0.25) is 0 Å². The highest BCUT2D eigenvalue weighted by atomic mass is 35.5. The fourth-order valence-corrected chi connectivity index (χ4v) is 3.67. The first kappa shape index (κ1) is 23.7. The summed E-state index contributed by atoms with van der Waals surface area (Å²) >= 11 is 5.80. The molecule has 0 saturated heterocycles. The number of hydrogen-bond donors (Lipinski definition) is 2. The predicted octanol–water partition coefficient (Wildman–Crippen LogP) is 4.03. The van der Waals surface area contributed by atoms with Crippen LogP contribution >= 0.6 is 11.6 Å². The quantitative estimate of drug-likeness (QED) is 0.508. The number of carboxylic acid groups (broad SMARTS) is 2. The van der Waals surface area contributed by atoms with E-state index in [2.05, 4.69) is 65.4 Å². The van der Waals surface area contributed by atoms with Crippen LogP contribution in [0.1, 0.15) is 24.0 Å². The van der Waals surface area contributed by atoms with Gasteiger partial charge in [0.15, 0.2) is 0 Å². The maximum Gasteiger partial charge on any atom is 0.414 e. The van der Waals surface area contributed by atoms with E-state index in [9.17, 15) is 0 Å². The number of carboxylic acids is 2. The lowest BCUT2D eigenvalue weighted by Crippen LogP contribution is -2.26. The summed E-state index contributed by atoms with van der Waals surface area (Å²) in [6.07, 6.45) is 4.47. The number of fused-ring (bicyclic) bond motifs is 2. The monoisotopic (exact) mass is 432 g/mol. The topological polar surface area (TPSA) is 81.1 Å². The van der Waals surface area contributed by atoms with Crippen molar-refractivity contribution in [3.05, 3.63) is 59.7 Å². The molecule has 7 heteroatoms. The minimum atomic E-state index is -1.82. The van der Waals surface area contributed by atoms with Gasteiger partial charge < -0.3 is 20.0 Å². The van der Waals surface area contributed by atoms with Crippen molar-refractivity contribution >= 4 is 34.9 Å². The third-order valence-electron chi connectivity index (χ3n) is 5.01. The van der Waals surface area contributed by atoms with Crippen molar-refractivity contribution in [3.63, 3.8) is 0 Å². The summed E-state index contributed by atoms with van der Waals surface area (Å²) in [5.41, 5.74) is 5.69. The van der Waals surface area contributed by atoms with E-state index in [1.807, 2.05) is 0 Å². The Hall–Kier alpha value is -2.57. The van der Waals surface area contributed by atoms with E-state index < -0.39 is 11.9 Å². The van der Waals surface area contributed by atoms with E-state index in [1.165, 1.54) is 22.5 Å². The number of anilines is 2. The number of hydrogen-bond acceptors (Lipinski definition) is 4. The molecule has 0 bridgehead atoms. The molecule has 6 nitrogen and oxygen atoms in total. The van der Waals surface area contributed by atoms with E-state index in [-0.39, 0.29) is 0 Å². The molecule has 2 N–H and O–H groups in total. The van der Waals surface area contributed by atoms with E-state index in [0.717, 1.165) is 51.2 Å². The lowest BCUT2D eigenvalue weighted by atomic mass is 10.0. The number of rotatable bonds is 7. The largest absolute Gasteiger partial charge is 0.473 e. The van der Waals surface area contributed by atoms with E-state index in [0.29, 0.717) is 0 Å². The van der Waals surface area contributed by atoms with E-state index in [1.54, 1.807) is 0 Å². The van der Waals surface area contributed by atoms with Crippen LogP contribution in [0.4, 0.5) is 11.4 Å². The maximum atomic E-state index is 9.10. The van der Waals surface area contributed by atoms with Crippen molar-refractivity contribution < 1.29 is 19.8 Å². The summed E-state index contributed by atoms with van der Waals surface area (Å²) in [6, 6.07) is 17.7. The zero-order chi connectivity index (χ0) is 21.9. The van der Waals surface area contributed by atoms with Crippen LogP contribution in [0.25, 0.3) is 0 Å². The molecule has 0 atom stereocenters. The number of alkyl halides is 1. The van der Waals surface area contributed by atoms with Crippen molar-refractivity contribution in [1.82, 2.24) is 4.90 Å². The molecule has 162 valence electrons. The Kier molecular flexibility index (Phi) is 9.64. The minimum absolute atomic E-state index is 0.747. The van der Waals surface area contributed by atoms with Crippen LogP contribution < -0.4 is 4.90 Å². The molecular weight excluding hydrogens is 404 g/mol. The van der Waals surface area contributed by atoms with Crippen LogP contribution in [-0.2, 0) is 22.4 Å². The van der Waals surface area contributed by atoms with Gasteiger partial charge in [0.1, 0.15) is 0 Å². The maximum absolute atomic E-state index is 9.10. The molecule has 2 aromatic carbocycles. The lowest BCUT2D eigenvalue weighted by molar-refractivity contribution is -0.159. The van der Waals surface area contributed by atoms with Crippen molar-refractivity contribution in [2.24, 2.45) is 0 Å². The predicted molar refractivity (Wildman–Crippen MR) is 120 cm³/mol. The van der Waals surface area contributed by atoms with Gasteiger partial charge in [0.2, 0.25) is 0 Å². The second-order valence-electron chi connectivity index (χ2n) is 7.22. The third kappa shape index (κ3) is 7.04. The molecule has 1 aliphatic heterocycles. The number of aryl methyl sites for hydroxylation is 2. The Morgan fingerprint density at radius 2 is 1.37 bits per heavy atom. The van der Waals surface area contributed by atoms with E-state index in [4.69, 9.17) is 31.4 Å². The van der Waals surface area contributed by atoms with Crippen molar-refractivity contribution in [1.29, 1.82) is 0 Å². The average Bonchev–Trinajstić information content (AvgIpc) is 2.90. The highest BCUT2D eigenvalue weighted by Gasteiger charge is 2.19. The molecule has 30 heavy (non-hydrogen) atoms. The molecule has 3 rings (SSSR count). The van der Waals surface area contributed by atoms with Gasteiger partial charge in [-0.1, -0.05) is 36.4 Å². The van der Waals surface area contributed by atoms with Gasteiger partial charge in [0.25, 0.3) is 0 Å². The van der Waals surface area contributed by atoms with Crippen LogP contribution in [0.2, 0.25) is 0 Å². The smallest absolute Gasteiger partial charge is 0.414 e. The van der Waals surface area contributed by atoms with Gasteiger partial charge in [0, 0.05) is 23.8 Å².